The van der Waals surface area contributed by atoms with Gasteiger partial charge in [-0.2, -0.15) is 4.68 Å². The summed E-state index contributed by atoms with van der Waals surface area (Å²) >= 11 is 0. The molecule has 0 aliphatic carbocycles. The Morgan fingerprint density at radius 3 is 3.12 bits per heavy atom. The van der Waals surface area contributed by atoms with Gasteiger partial charge in [0.2, 0.25) is 0 Å². The Morgan fingerprint density at radius 1 is 1.35 bits per heavy atom. The lowest BCUT2D eigenvalue weighted by atomic mass is 10.4. The molecule has 3 rings (SSSR count). The molecule has 0 unspecified atom stereocenters. The first kappa shape index (κ1) is 3.49. The minimum atomic E-state index is -3.24. The van der Waals surface area contributed by atoms with E-state index >= 15 is 0 Å². The van der Waals surface area contributed by atoms with E-state index in [0.717, 1.165) is 0 Å². The highest BCUT2D eigenvalue weighted by Crippen LogP contribution is 2.13. The number of aromatic nitrogens is 5. The Morgan fingerprint density at radius 2 is 2.24 bits per heavy atom. The van der Waals surface area contributed by atoms with E-state index in [1.807, 2.05) is 0 Å². The molecule has 1 aliphatic heterocycles. The molecule has 88 valence electrons. The summed E-state index contributed by atoms with van der Waals surface area (Å²) in [5, 5.41) is 11.8. The molecule has 1 N–H and O–H groups in total. The zero-order chi connectivity index (χ0) is 22.2. The van der Waals surface area contributed by atoms with Crippen molar-refractivity contribution in [2.75, 3.05) is 30.9 Å². The summed E-state index contributed by atoms with van der Waals surface area (Å²) in [4.78, 5) is 3.66. The van der Waals surface area contributed by atoms with Crippen molar-refractivity contribution in [2.45, 2.75) is 0 Å². The van der Waals surface area contributed by atoms with Crippen molar-refractivity contribution in [1.82, 2.24) is 30.5 Å². The number of rotatable bonds is 2. The van der Waals surface area contributed by atoms with Gasteiger partial charge in [0.15, 0.2) is 5.82 Å². The van der Waals surface area contributed by atoms with Crippen LogP contribution in [0.5, 0.6) is 0 Å². The molecule has 1 fully saturated rings. The molecule has 0 amide bonds. The fourth-order valence-electron chi connectivity index (χ4n) is 1.11. The fourth-order valence-corrected chi connectivity index (χ4v) is 1.11. The molecule has 2 aromatic heterocycles. The van der Waals surface area contributed by atoms with Gasteiger partial charge in [-0.15, -0.1) is 0 Å². The third-order valence-corrected chi connectivity index (χ3v) is 1.77. The topological polar surface area (TPSA) is 71.8 Å². The largest absolute Gasteiger partial charge is 0.337 e. The van der Waals surface area contributed by atoms with Gasteiger partial charge in [0.25, 0.3) is 5.95 Å². The molecule has 17 heavy (non-hydrogen) atoms. The number of anilines is 1. The van der Waals surface area contributed by atoms with Crippen LogP contribution < -0.4 is 10.2 Å². The zero-order valence-electron chi connectivity index (χ0n) is 20.2. The van der Waals surface area contributed by atoms with Crippen LogP contribution in [-0.4, -0.2) is 51.2 Å². The zero-order valence-corrected chi connectivity index (χ0v) is 8.18. The van der Waals surface area contributed by atoms with Gasteiger partial charge in [-0.05, 0) is 22.5 Å². The summed E-state index contributed by atoms with van der Waals surface area (Å²) in [7, 11) is 0. The maximum Gasteiger partial charge on any atom is 0.251 e. The molecule has 0 bridgehead atoms. The second-order valence-electron chi connectivity index (χ2n) is 2.75. The first-order valence-corrected chi connectivity index (χ1v) is 4.39. The van der Waals surface area contributed by atoms with Crippen LogP contribution in [0.25, 0.3) is 5.82 Å². The van der Waals surface area contributed by atoms with E-state index in [9.17, 15) is 0 Å². The molecular weight excluding hydrogens is 218 g/mol. The number of hydrogen-bond donors (Lipinski definition) is 1. The highest BCUT2D eigenvalue weighted by molar-refractivity contribution is 5.36. The van der Waals surface area contributed by atoms with E-state index < -0.39 is 62.1 Å². The number of hydrogen-bond acceptors (Lipinski definition) is 6. The molecule has 7 heteroatoms. The van der Waals surface area contributed by atoms with Gasteiger partial charge in [-0.1, -0.05) is 11.1 Å². The van der Waals surface area contributed by atoms with Crippen LogP contribution in [0.2, 0.25) is 0 Å². The summed E-state index contributed by atoms with van der Waals surface area (Å²) in [6.07, 6.45) is -0.723. The van der Waals surface area contributed by atoms with Crippen LogP contribution in [0.3, 0.4) is 0 Å². The minimum Gasteiger partial charge on any atom is -0.337 e. The number of nitrogens with one attached hydrogen (secondary N) is 1. The Bertz CT molecular complexity index is 946. The summed E-state index contributed by atoms with van der Waals surface area (Å²) in [5.74, 6) is -1.46. The van der Waals surface area contributed by atoms with Gasteiger partial charge in [0.1, 0.15) is 0 Å². The Labute approximate surface area is 115 Å². The van der Waals surface area contributed by atoms with E-state index in [2.05, 4.69) is 20.5 Å². The van der Waals surface area contributed by atoms with E-state index in [-0.39, 0.29) is 4.90 Å². The lowest BCUT2D eigenvalue weighted by Crippen LogP contribution is -2.44. The monoisotopic (exact) mass is 243 g/mol. The van der Waals surface area contributed by atoms with Crippen molar-refractivity contribution in [2.24, 2.45) is 0 Å². The van der Waals surface area contributed by atoms with Crippen LogP contribution >= 0.6 is 0 Å². The van der Waals surface area contributed by atoms with Gasteiger partial charge in [0.05, 0.1) is 11.0 Å². The Balaban J connectivity index is 2.30. The summed E-state index contributed by atoms with van der Waals surface area (Å²) in [6, 6.07) is -2.09. The van der Waals surface area contributed by atoms with Gasteiger partial charge in [-0.25, -0.2) is 4.98 Å². The Hall–Kier alpha value is -2.02. The summed E-state index contributed by atoms with van der Waals surface area (Å²) in [5.41, 5.74) is 0. The molecule has 0 saturated carbocycles. The fraction of sp³-hybridized carbons (Fsp3) is 0.400. The number of nitrogens with zero attached hydrogens (tertiary/aromatic N) is 6. The van der Waals surface area contributed by atoms with E-state index in [1.165, 1.54) is 0 Å². The van der Waals surface area contributed by atoms with Crippen molar-refractivity contribution >= 4 is 5.95 Å². The third-order valence-electron chi connectivity index (χ3n) is 1.77. The van der Waals surface area contributed by atoms with E-state index in [1.54, 1.807) is 5.32 Å². The second kappa shape index (κ2) is 4.46. The highest BCUT2D eigenvalue weighted by atomic mass is 15.6. The molecule has 1 saturated heterocycles. The SMILES string of the molecule is [2H]c1nc(-n2nnnc2N2C([2H])([2H])C([2H])([2H])NC([2H])([2H])C2([2H])[2H])c([2H])c([2H])c1[2H]. The molecule has 0 atom stereocenters. The van der Waals surface area contributed by atoms with Gasteiger partial charge >= 0.3 is 0 Å². The quantitative estimate of drug-likeness (QED) is 0.764. The lowest BCUT2D eigenvalue weighted by Gasteiger charge is -2.27. The molecule has 0 spiro atoms. The van der Waals surface area contributed by atoms with Crippen molar-refractivity contribution < 1.29 is 16.4 Å². The average Bonchev–Trinajstić information content (AvgIpc) is 3.02. The standard InChI is InChI=1S/C10H13N7/c1-2-4-12-9(3-1)17-10(13-14-15-17)16-7-5-11-6-8-16/h1-4,11H,5-8H2/i1D,2D,3D,4D,5D2,6D2,7D2,8D2. The number of tetrazole rings is 1. The molecule has 1 aliphatic rings. The molecule has 2 aromatic rings. The van der Waals surface area contributed by atoms with Crippen LogP contribution in [0.4, 0.5) is 5.95 Å². The normalized spacial score (nSPS) is 38.2. The van der Waals surface area contributed by atoms with Crippen molar-refractivity contribution in [3.63, 3.8) is 0 Å². The van der Waals surface area contributed by atoms with Crippen molar-refractivity contribution in [3.8, 4) is 5.82 Å². The van der Waals surface area contributed by atoms with Crippen LogP contribution in [0.15, 0.2) is 24.3 Å². The maximum atomic E-state index is 8.09. The van der Waals surface area contributed by atoms with Crippen LogP contribution in [0, 0.1) is 0 Å². The predicted molar refractivity (Wildman–Crippen MR) is 62.0 cm³/mol. The summed E-state index contributed by atoms with van der Waals surface area (Å²) < 4.78 is 95.0. The molecule has 0 radical (unpaired) electrons. The molecule has 7 nitrogen and oxygen atoms in total. The highest BCUT2D eigenvalue weighted by Gasteiger charge is 2.18. The van der Waals surface area contributed by atoms with E-state index in [0.29, 0.717) is 4.68 Å². The summed E-state index contributed by atoms with van der Waals surface area (Å²) in [6.45, 7) is -12.7. The van der Waals surface area contributed by atoms with Gasteiger partial charge in [0, 0.05) is 37.6 Å². The van der Waals surface area contributed by atoms with Gasteiger partial charge < -0.3 is 10.2 Å². The van der Waals surface area contributed by atoms with Gasteiger partial charge in [-0.3, -0.25) is 0 Å². The second-order valence-corrected chi connectivity index (χ2v) is 2.75. The predicted octanol–water partition coefficient (Wildman–Crippen LogP) is -0.533. The maximum absolute atomic E-state index is 8.09. The molecule has 0 aromatic carbocycles. The molecular formula is C10H13N7. The van der Waals surface area contributed by atoms with Crippen LogP contribution in [-0.2, 0) is 0 Å². The lowest BCUT2D eigenvalue weighted by molar-refractivity contribution is 0.574. The average molecular weight is 243 g/mol. The Kier molecular flexibility index (Phi) is 0.915. The number of piperazine rings is 1. The van der Waals surface area contributed by atoms with Crippen molar-refractivity contribution in [1.29, 1.82) is 0 Å². The van der Waals surface area contributed by atoms with E-state index in [4.69, 9.17) is 16.4 Å². The minimum absolute atomic E-state index is 0.0411. The molecule has 3 heterocycles. The number of pyridine rings is 1. The third kappa shape index (κ3) is 1.96. The first-order chi connectivity index (χ1) is 13.1. The first-order valence-electron chi connectivity index (χ1n) is 10.4. The van der Waals surface area contributed by atoms with Crippen molar-refractivity contribution in [3.05, 3.63) is 24.3 Å². The van der Waals surface area contributed by atoms with Crippen LogP contribution in [0.1, 0.15) is 16.4 Å². The smallest absolute Gasteiger partial charge is 0.251 e.